The maximum atomic E-state index is 14.3. The zero-order valence-corrected chi connectivity index (χ0v) is 27.9. The lowest BCUT2D eigenvalue weighted by Gasteiger charge is -2.30. The fourth-order valence-electron chi connectivity index (χ4n) is 6.69. The molecule has 5 atom stereocenters. The standard InChI is InChI=1S/C36H42N6O7/c1-35(2,3)49-34(48)37-27-15-11-6-4-5-10-14-24-20-36(24,33(46)47)38-31(44)29-19-25(21-41(29)32(27)45)42-39-26-17-16-23(18-28(26)40-42)30(43)22-12-8-7-9-13-22/h7-10,12-14,16-18,24-25,27,29H,4-6,11,15,19-21H2,1-3H3,(H,37,48)(H,38,44)(H,46,47)/b14-10-/t24-,25-,27+,29-,36-/m0/s1. The van der Waals surface area contributed by atoms with Gasteiger partial charge in [-0.15, -0.1) is 0 Å². The van der Waals surface area contributed by atoms with E-state index in [-0.39, 0.29) is 31.1 Å². The number of nitrogens with zero attached hydrogens (tertiary/aromatic N) is 4. The number of aromatic nitrogens is 3. The second-order valence-corrected chi connectivity index (χ2v) is 14.2. The first-order valence-electron chi connectivity index (χ1n) is 16.8. The van der Waals surface area contributed by atoms with Gasteiger partial charge in [-0.3, -0.25) is 14.4 Å². The lowest BCUT2D eigenvalue weighted by atomic mass is 10.0. The molecule has 13 heteroatoms. The molecule has 2 aliphatic heterocycles. The fraction of sp³-hybridized carbons (Fsp3) is 0.472. The average molecular weight is 671 g/mol. The number of allylic oxidation sites excluding steroid dienone is 1. The first-order valence-corrected chi connectivity index (χ1v) is 16.8. The Hall–Kier alpha value is -5.07. The molecule has 6 rings (SSSR count). The van der Waals surface area contributed by atoms with Crippen LogP contribution in [0, 0.1) is 5.92 Å². The quantitative estimate of drug-likeness (QED) is 0.266. The summed E-state index contributed by atoms with van der Waals surface area (Å²) in [5.41, 5.74) is -0.236. The summed E-state index contributed by atoms with van der Waals surface area (Å²) in [6, 6.07) is 11.4. The van der Waals surface area contributed by atoms with E-state index < -0.39 is 53.1 Å². The topological polar surface area (TPSA) is 173 Å². The zero-order chi connectivity index (χ0) is 34.9. The maximum absolute atomic E-state index is 14.3. The van der Waals surface area contributed by atoms with Crippen molar-refractivity contribution in [1.29, 1.82) is 0 Å². The number of carbonyl (C=O) groups excluding carboxylic acids is 4. The van der Waals surface area contributed by atoms with Gasteiger partial charge in [-0.2, -0.15) is 15.0 Å². The minimum atomic E-state index is -1.45. The zero-order valence-electron chi connectivity index (χ0n) is 27.9. The van der Waals surface area contributed by atoms with Crippen molar-refractivity contribution in [2.24, 2.45) is 5.92 Å². The van der Waals surface area contributed by atoms with Crippen molar-refractivity contribution in [3.05, 3.63) is 71.8 Å². The van der Waals surface area contributed by atoms with E-state index in [0.29, 0.717) is 35.0 Å². The summed E-state index contributed by atoms with van der Waals surface area (Å²) in [4.78, 5) is 69.5. The molecule has 3 N–H and O–H groups in total. The van der Waals surface area contributed by atoms with E-state index in [1.807, 2.05) is 18.2 Å². The van der Waals surface area contributed by atoms with Gasteiger partial charge in [0.2, 0.25) is 11.8 Å². The SMILES string of the molecule is CC(C)(C)OC(=O)N[C@@H]1CCCCC/C=C\[C@H]2C[C@]2(C(=O)O)NC(=O)[C@@H]2C[C@H](n3nc4ccc(C(=O)c5ccccc5)cc4n3)CN2C1=O. The van der Waals surface area contributed by atoms with Crippen LogP contribution in [0.1, 0.15) is 87.7 Å². The van der Waals surface area contributed by atoms with E-state index in [0.717, 1.165) is 19.3 Å². The highest BCUT2D eigenvalue weighted by atomic mass is 16.6. The third-order valence-corrected chi connectivity index (χ3v) is 9.35. The summed E-state index contributed by atoms with van der Waals surface area (Å²) in [6.07, 6.45) is 6.78. The van der Waals surface area contributed by atoms with Crippen LogP contribution in [0.3, 0.4) is 0 Å². The number of carbonyl (C=O) groups is 5. The second-order valence-electron chi connectivity index (χ2n) is 14.2. The number of amides is 3. The number of fused-ring (bicyclic) bond motifs is 3. The van der Waals surface area contributed by atoms with E-state index in [1.54, 1.807) is 63.2 Å². The molecule has 1 saturated carbocycles. The van der Waals surface area contributed by atoms with E-state index >= 15 is 0 Å². The van der Waals surface area contributed by atoms with Gasteiger partial charge in [0.15, 0.2) is 5.78 Å². The number of rotatable bonds is 5. The highest BCUT2D eigenvalue weighted by Gasteiger charge is 2.61. The highest BCUT2D eigenvalue weighted by molar-refractivity contribution is 6.10. The summed E-state index contributed by atoms with van der Waals surface area (Å²) in [7, 11) is 0. The number of alkyl carbamates (subject to hydrolysis) is 1. The first-order chi connectivity index (χ1) is 23.3. The fourth-order valence-corrected chi connectivity index (χ4v) is 6.69. The molecule has 13 nitrogen and oxygen atoms in total. The summed E-state index contributed by atoms with van der Waals surface area (Å²) < 4.78 is 5.46. The molecule has 258 valence electrons. The maximum Gasteiger partial charge on any atom is 0.408 e. The highest BCUT2D eigenvalue weighted by Crippen LogP contribution is 2.45. The monoisotopic (exact) mass is 670 g/mol. The molecular weight excluding hydrogens is 628 g/mol. The Bertz CT molecular complexity index is 1800. The first kappa shape index (κ1) is 33.8. The van der Waals surface area contributed by atoms with Crippen LogP contribution in [0.4, 0.5) is 4.79 Å². The summed E-state index contributed by atoms with van der Waals surface area (Å²) in [5, 5.41) is 24.9. The molecule has 1 saturated heterocycles. The Balaban J connectivity index is 1.30. The van der Waals surface area contributed by atoms with Gasteiger partial charge < -0.3 is 25.4 Å². The molecule has 2 fully saturated rings. The molecule has 0 unspecified atom stereocenters. The number of ether oxygens (including phenoxy) is 1. The number of carboxylic acids is 1. The number of ketones is 1. The summed E-state index contributed by atoms with van der Waals surface area (Å²) in [6.45, 7) is 5.24. The molecular formula is C36H42N6O7. The molecule has 0 bridgehead atoms. The Morgan fingerprint density at radius 1 is 1.00 bits per heavy atom. The van der Waals surface area contributed by atoms with E-state index in [1.165, 1.54) is 9.70 Å². The predicted molar refractivity (Wildman–Crippen MR) is 179 cm³/mol. The van der Waals surface area contributed by atoms with Gasteiger partial charge >= 0.3 is 12.1 Å². The number of hydrogen-bond donors (Lipinski definition) is 3. The Kier molecular flexibility index (Phi) is 9.28. The van der Waals surface area contributed by atoms with Crippen LogP contribution < -0.4 is 10.6 Å². The minimum Gasteiger partial charge on any atom is -0.479 e. The van der Waals surface area contributed by atoms with Gasteiger partial charge in [0, 0.05) is 30.0 Å². The lowest BCUT2D eigenvalue weighted by molar-refractivity contribution is -0.145. The van der Waals surface area contributed by atoms with Crippen LogP contribution in [0.15, 0.2) is 60.7 Å². The third kappa shape index (κ3) is 7.35. The van der Waals surface area contributed by atoms with Gasteiger partial charge in [-0.1, -0.05) is 55.3 Å². The second kappa shape index (κ2) is 13.4. The van der Waals surface area contributed by atoms with Crippen LogP contribution in [0.5, 0.6) is 0 Å². The van der Waals surface area contributed by atoms with Crippen LogP contribution >= 0.6 is 0 Å². The Morgan fingerprint density at radius 3 is 2.49 bits per heavy atom. The molecule has 3 aromatic rings. The Morgan fingerprint density at radius 2 is 1.76 bits per heavy atom. The van der Waals surface area contributed by atoms with Crippen LogP contribution in [0.2, 0.25) is 0 Å². The van der Waals surface area contributed by atoms with E-state index in [2.05, 4.69) is 20.8 Å². The number of aliphatic carboxylic acids is 1. The van der Waals surface area contributed by atoms with Crippen LogP contribution in [0.25, 0.3) is 11.0 Å². The molecule has 1 aromatic heterocycles. The van der Waals surface area contributed by atoms with Crippen molar-refractivity contribution in [2.45, 2.75) is 95.0 Å². The summed E-state index contributed by atoms with van der Waals surface area (Å²) >= 11 is 0. The normalized spacial score (nSPS) is 26.8. The van der Waals surface area contributed by atoms with E-state index in [4.69, 9.17) is 4.74 Å². The van der Waals surface area contributed by atoms with Crippen LogP contribution in [-0.4, -0.2) is 84.4 Å². The van der Waals surface area contributed by atoms with Gasteiger partial charge in [0.25, 0.3) is 0 Å². The molecule has 3 heterocycles. The Labute approximate surface area is 284 Å². The van der Waals surface area contributed by atoms with Crippen molar-refractivity contribution in [2.75, 3.05) is 6.54 Å². The summed E-state index contributed by atoms with van der Waals surface area (Å²) in [5.74, 6) is -2.70. The molecule has 2 aromatic carbocycles. The van der Waals surface area contributed by atoms with Gasteiger partial charge in [0.1, 0.15) is 34.3 Å². The molecule has 0 radical (unpaired) electrons. The predicted octanol–water partition coefficient (Wildman–Crippen LogP) is 4.18. The molecule has 3 amide bonds. The molecule has 0 spiro atoms. The van der Waals surface area contributed by atoms with Crippen molar-refractivity contribution in [1.82, 2.24) is 30.5 Å². The van der Waals surface area contributed by atoms with Crippen LogP contribution in [-0.2, 0) is 19.1 Å². The number of carboxylic acid groups (broad SMARTS) is 1. The largest absolute Gasteiger partial charge is 0.479 e. The minimum absolute atomic E-state index is 0.0453. The number of benzene rings is 2. The third-order valence-electron chi connectivity index (χ3n) is 9.35. The number of hydrogen-bond acceptors (Lipinski definition) is 8. The van der Waals surface area contributed by atoms with Gasteiger partial charge in [-0.25, -0.2) is 9.59 Å². The molecule has 1 aliphatic carbocycles. The van der Waals surface area contributed by atoms with E-state index in [9.17, 15) is 29.1 Å². The van der Waals surface area contributed by atoms with Crippen molar-refractivity contribution in [3.8, 4) is 0 Å². The smallest absolute Gasteiger partial charge is 0.408 e. The number of nitrogens with one attached hydrogen (secondary N) is 2. The average Bonchev–Trinajstić information content (AvgIpc) is 3.37. The van der Waals surface area contributed by atoms with Crippen molar-refractivity contribution < 1.29 is 33.8 Å². The van der Waals surface area contributed by atoms with Gasteiger partial charge in [0.05, 0.1) is 6.04 Å². The van der Waals surface area contributed by atoms with Crippen molar-refractivity contribution >= 4 is 40.7 Å². The van der Waals surface area contributed by atoms with Crippen molar-refractivity contribution in [3.63, 3.8) is 0 Å². The molecule has 3 aliphatic rings. The van der Waals surface area contributed by atoms with Gasteiger partial charge in [-0.05, 0) is 64.7 Å². The molecule has 49 heavy (non-hydrogen) atoms. The lowest BCUT2D eigenvalue weighted by Crippen LogP contribution is -2.56.